The molecular weight excluding hydrogens is 284 g/mol. The molecule has 1 saturated heterocycles. The highest BCUT2D eigenvalue weighted by Crippen LogP contribution is 2.16. The van der Waals surface area contributed by atoms with Gasteiger partial charge in [0.1, 0.15) is 0 Å². The SMILES string of the molecule is Cc1ccc(NC(=O)CN2CCCCCC2=O)cc1C(=O)O. The van der Waals surface area contributed by atoms with E-state index in [4.69, 9.17) is 5.11 Å². The topological polar surface area (TPSA) is 86.7 Å². The van der Waals surface area contributed by atoms with Crippen LogP contribution >= 0.6 is 0 Å². The molecule has 0 spiro atoms. The zero-order chi connectivity index (χ0) is 16.1. The lowest BCUT2D eigenvalue weighted by Crippen LogP contribution is -2.37. The third-order valence-corrected chi connectivity index (χ3v) is 3.76. The lowest BCUT2D eigenvalue weighted by molar-refractivity contribution is -0.134. The normalized spacial score (nSPS) is 15.3. The fraction of sp³-hybridized carbons (Fsp3) is 0.438. The van der Waals surface area contributed by atoms with Crippen LogP contribution in [0.3, 0.4) is 0 Å². The van der Waals surface area contributed by atoms with Crippen LogP contribution in [0.1, 0.15) is 41.6 Å². The van der Waals surface area contributed by atoms with Gasteiger partial charge in [-0.25, -0.2) is 4.79 Å². The Morgan fingerprint density at radius 1 is 1.27 bits per heavy atom. The van der Waals surface area contributed by atoms with Gasteiger partial charge in [0.05, 0.1) is 12.1 Å². The van der Waals surface area contributed by atoms with E-state index in [2.05, 4.69) is 5.32 Å². The summed E-state index contributed by atoms with van der Waals surface area (Å²) in [6, 6.07) is 4.74. The van der Waals surface area contributed by atoms with E-state index in [1.807, 2.05) is 0 Å². The minimum atomic E-state index is -1.03. The van der Waals surface area contributed by atoms with E-state index in [1.165, 1.54) is 6.07 Å². The molecule has 1 aromatic rings. The number of hydrogen-bond acceptors (Lipinski definition) is 3. The first-order valence-corrected chi connectivity index (χ1v) is 7.39. The monoisotopic (exact) mass is 304 g/mol. The molecule has 1 aliphatic heterocycles. The lowest BCUT2D eigenvalue weighted by Gasteiger charge is -2.19. The molecule has 2 N–H and O–H groups in total. The molecule has 1 heterocycles. The number of aromatic carboxylic acids is 1. The standard InChI is InChI=1S/C16H20N2O4/c1-11-6-7-12(9-13(11)16(21)22)17-14(19)10-18-8-4-2-3-5-15(18)20/h6-7,9H,2-5,8,10H2,1H3,(H,17,19)(H,21,22). The van der Waals surface area contributed by atoms with Gasteiger partial charge in [0.15, 0.2) is 0 Å². The van der Waals surface area contributed by atoms with Crippen LogP contribution in [0.15, 0.2) is 18.2 Å². The first kappa shape index (κ1) is 16.0. The van der Waals surface area contributed by atoms with E-state index in [-0.39, 0.29) is 23.9 Å². The molecule has 6 nitrogen and oxygen atoms in total. The third-order valence-electron chi connectivity index (χ3n) is 3.76. The number of likely N-dealkylation sites (tertiary alicyclic amines) is 1. The number of nitrogens with one attached hydrogen (secondary N) is 1. The van der Waals surface area contributed by atoms with Crippen molar-refractivity contribution in [1.29, 1.82) is 0 Å². The quantitative estimate of drug-likeness (QED) is 0.891. The van der Waals surface area contributed by atoms with Gasteiger partial charge in [-0.3, -0.25) is 9.59 Å². The van der Waals surface area contributed by atoms with Crippen molar-refractivity contribution in [2.45, 2.75) is 32.6 Å². The second-order valence-electron chi connectivity index (χ2n) is 5.51. The smallest absolute Gasteiger partial charge is 0.336 e. The van der Waals surface area contributed by atoms with E-state index < -0.39 is 5.97 Å². The Morgan fingerprint density at radius 2 is 2.05 bits per heavy atom. The lowest BCUT2D eigenvalue weighted by atomic mass is 10.1. The number of hydrogen-bond donors (Lipinski definition) is 2. The van der Waals surface area contributed by atoms with E-state index in [9.17, 15) is 14.4 Å². The van der Waals surface area contributed by atoms with Crippen LogP contribution < -0.4 is 5.32 Å². The number of amides is 2. The maximum atomic E-state index is 12.1. The molecule has 0 aromatic heterocycles. The molecular formula is C16H20N2O4. The Balaban J connectivity index is 2.01. The van der Waals surface area contributed by atoms with Crippen LogP contribution in [0, 0.1) is 6.92 Å². The molecule has 0 saturated carbocycles. The summed E-state index contributed by atoms with van der Waals surface area (Å²) in [6.07, 6.45) is 3.27. The Kier molecular flexibility index (Phi) is 5.14. The third kappa shape index (κ3) is 4.07. The second kappa shape index (κ2) is 7.06. The summed E-state index contributed by atoms with van der Waals surface area (Å²) >= 11 is 0. The molecule has 22 heavy (non-hydrogen) atoms. The van der Waals surface area contributed by atoms with Crippen LogP contribution in [0.5, 0.6) is 0 Å². The maximum absolute atomic E-state index is 12.1. The first-order chi connectivity index (χ1) is 10.5. The van der Waals surface area contributed by atoms with Crippen molar-refractivity contribution >= 4 is 23.5 Å². The second-order valence-corrected chi connectivity index (χ2v) is 5.51. The predicted octanol–water partition coefficient (Wildman–Crippen LogP) is 2.03. The van der Waals surface area contributed by atoms with Gasteiger partial charge in [0, 0.05) is 18.7 Å². The Morgan fingerprint density at radius 3 is 2.77 bits per heavy atom. The van der Waals surface area contributed by atoms with Gasteiger partial charge in [0.25, 0.3) is 0 Å². The van der Waals surface area contributed by atoms with E-state index >= 15 is 0 Å². The first-order valence-electron chi connectivity index (χ1n) is 7.39. The maximum Gasteiger partial charge on any atom is 0.336 e. The van der Waals surface area contributed by atoms with Gasteiger partial charge in [-0.2, -0.15) is 0 Å². The van der Waals surface area contributed by atoms with Gasteiger partial charge >= 0.3 is 5.97 Å². The number of benzene rings is 1. The minimum Gasteiger partial charge on any atom is -0.478 e. The highest BCUT2D eigenvalue weighted by molar-refractivity contribution is 5.96. The average molecular weight is 304 g/mol. The van der Waals surface area contributed by atoms with Gasteiger partial charge in [-0.1, -0.05) is 12.5 Å². The molecule has 0 aliphatic carbocycles. The largest absolute Gasteiger partial charge is 0.478 e. The van der Waals surface area contributed by atoms with Gasteiger partial charge in [-0.05, 0) is 37.5 Å². The van der Waals surface area contributed by atoms with Crippen LogP contribution in [0.25, 0.3) is 0 Å². The summed E-state index contributed by atoms with van der Waals surface area (Å²) in [5.74, 6) is -1.34. The minimum absolute atomic E-state index is 0.00258. The van der Waals surface area contributed by atoms with Crippen LogP contribution in [0.4, 0.5) is 5.69 Å². The summed E-state index contributed by atoms with van der Waals surface area (Å²) in [6.45, 7) is 2.31. The van der Waals surface area contributed by atoms with Crippen LogP contribution in [-0.4, -0.2) is 40.9 Å². The van der Waals surface area contributed by atoms with Crippen LogP contribution in [-0.2, 0) is 9.59 Å². The van der Waals surface area contributed by atoms with Crippen molar-refractivity contribution in [1.82, 2.24) is 4.90 Å². The molecule has 0 radical (unpaired) electrons. The number of carboxylic acids is 1. The predicted molar refractivity (Wildman–Crippen MR) is 81.8 cm³/mol. The summed E-state index contributed by atoms with van der Waals surface area (Å²) < 4.78 is 0. The van der Waals surface area contributed by atoms with E-state index in [0.717, 1.165) is 19.3 Å². The van der Waals surface area contributed by atoms with Crippen molar-refractivity contribution in [2.24, 2.45) is 0 Å². The Hall–Kier alpha value is -2.37. The zero-order valence-corrected chi connectivity index (χ0v) is 12.6. The van der Waals surface area contributed by atoms with Crippen LogP contribution in [0.2, 0.25) is 0 Å². The zero-order valence-electron chi connectivity index (χ0n) is 12.6. The van der Waals surface area contributed by atoms with Gasteiger partial charge < -0.3 is 15.3 Å². The van der Waals surface area contributed by atoms with Crippen molar-refractivity contribution in [2.75, 3.05) is 18.4 Å². The molecule has 1 aliphatic rings. The van der Waals surface area contributed by atoms with Crippen molar-refractivity contribution < 1.29 is 19.5 Å². The number of aryl methyl sites for hydroxylation is 1. The summed E-state index contributed by atoms with van der Waals surface area (Å²) in [5, 5.41) is 11.7. The molecule has 1 fully saturated rings. The highest BCUT2D eigenvalue weighted by atomic mass is 16.4. The molecule has 2 amide bonds. The van der Waals surface area contributed by atoms with Gasteiger partial charge in [0.2, 0.25) is 11.8 Å². The number of carbonyl (C=O) groups is 3. The van der Waals surface area contributed by atoms with E-state index in [0.29, 0.717) is 24.2 Å². The molecule has 118 valence electrons. The fourth-order valence-corrected chi connectivity index (χ4v) is 2.51. The van der Waals surface area contributed by atoms with Crippen molar-refractivity contribution in [3.05, 3.63) is 29.3 Å². The number of carboxylic acid groups (broad SMARTS) is 1. The molecule has 0 bridgehead atoms. The fourth-order valence-electron chi connectivity index (χ4n) is 2.51. The molecule has 1 aromatic carbocycles. The highest BCUT2D eigenvalue weighted by Gasteiger charge is 2.19. The molecule has 6 heteroatoms. The average Bonchev–Trinajstić information content (AvgIpc) is 2.66. The number of rotatable bonds is 4. The summed E-state index contributed by atoms with van der Waals surface area (Å²) in [5.41, 5.74) is 1.21. The van der Waals surface area contributed by atoms with Gasteiger partial charge in [-0.15, -0.1) is 0 Å². The summed E-state index contributed by atoms with van der Waals surface area (Å²) in [7, 11) is 0. The van der Waals surface area contributed by atoms with E-state index in [1.54, 1.807) is 24.0 Å². The number of carbonyl (C=O) groups excluding carboxylic acids is 2. The van der Waals surface area contributed by atoms with Crippen molar-refractivity contribution in [3.63, 3.8) is 0 Å². The number of anilines is 1. The number of nitrogens with zero attached hydrogens (tertiary/aromatic N) is 1. The molecule has 0 atom stereocenters. The Bertz CT molecular complexity index is 598. The van der Waals surface area contributed by atoms with Crippen molar-refractivity contribution in [3.8, 4) is 0 Å². The Labute approximate surface area is 129 Å². The molecule has 0 unspecified atom stereocenters. The summed E-state index contributed by atoms with van der Waals surface area (Å²) in [4.78, 5) is 36.6. The molecule has 2 rings (SSSR count).